The maximum absolute atomic E-state index is 10.9. The van der Waals surface area contributed by atoms with Crippen LogP contribution in [0.25, 0.3) is 0 Å². The third-order valence-electron chi connectivity index (χ3n) is 4.94. The predicted molar refractivity (Wildman–Crippen MR) is 94.3 cm³/mol. The van der Waals surface area contributed by atoms with E-state index in [-0.39, 0.29) is 10.6 Å². The summed E-state index contributed by atoms with van der Waals surface area (Å²) in [5, 5.41) is 10.9. The van der Waals surface area contributed by atoms with Gasteiger partial charge in [0.15, 0.2) is 0 Å². The molecule has 1 atom stereocenters. The molecule has 1 aromatic heterocycles. The lowest BCUT2D eigenvalue weighted by Gasteiger charge is -2.30. The number of anilines is 1. The van der Waals surface area contributed by atoms with Gasteiger partial charge in [0.2, 0.25) is 0 Å². The van der Waals surface area contributed by atoms with E-state index >= 15 is 0 Å². The van der Waals surface area contributed by atoms with Crippen molar-refractivity contribution in [2.45, 2.75) is 37.9 Å². The molecule has 1 aromatic carbocycles. The Labute approximate surface area is 146 Å². The zero-order valence-corrected chi connectivity index (χ0v) is 14.0. The highest BCUT2D eigenvalue weighted by atomic mass is 16.6. The number of rotatable bonds is 6. The van der Waals surface area contributed by atoms with Gasteiger partial charge >= 0.3 is 0 Å². The molecule has 2 heterocycles. The number of nitro groups is 1. The maximum atomic E-state index is 10.9. The fraction of sp³-hybridized carbons (Fsp3) is 0.444. The van der Waals surface area contributed by atoms with Crippen molar-refractivity contribution in [1.29, 1.82) is 0 Å². The van der Waals surface area contributed by atoms with Crippen molar-refractivity contribution in [2.75, 3.05) is 18.0 Å². The number of non-ortho nitro benzene ring substituents is 1. The van der Waals surface area contributed by atoms with Crippen LogP contribution in [0.2, 0.25) is 0 Å². The summed E-state index contributed by atoms with van der Waals surface area (Å²) < 4.78 is 0. The number of likely N-dealkylation sites (tertiary alicyclic amines) is 1. The smallest absolute Gasteiger partial charge is 0.269 e. The van der Waals surface area contributed by atoms with E-state index in [9.17, 15) is 10.1 Å². The lowest BCUT2D eigenvalue weighted by Crippen LogP contribution is -2.39. The van der Waals surface area contributed by atoms with Gasteiger partial charge in [-0.3, -0.25) is 15.0 Å². The summed E-state index contributed by atoms with van der Waals surface area (Å²) in [5.74, 6) is 1.01. The van der Waals surface area contributed by atoms with E-state index in [0.717, 1.165) is 37.4 Å². The second-order valence-corrected chi connectivity index (χ2v) is 6.81. The third kappa shape index (κ3) is 3.61. The van der Waals surface area contributed by atoms with Crippen molar-refractivity contribution < 1.29 is 4.92 Å². The molecule has 0 bridgehead atoms. The summed E-state index contributed by atoms with van der Waals surface area (Å²) in [7, 11) is 0. The first-order valence-electron chi connectivity index (χ1n) is 8.71. The Bertz CT molecular complexity index is 750. The second kappa shape index (κ2) is 6.76. The normalized spacial score (nSPS) is 20.6. The summed E-state index contributed by atoms with van der Waals surface area (Å²) in [6, 6.07) is 9.97. The number of hydrogen-bond acceptors (Lipinski definition) is 6. The maximum Gasteiger partial charge on any atom is 0.269 e. The van der Waals surface area contributed by atoms with Crippen LogP contribution in [0.3, 0.4) is 0 Å². The Kier molecular flexibility index (Phi) is 4.31. The van der Waals surface area contributed by atoms with Gasteiger partial charge in [-0.2, -0.15) is 0 Å². The van der Waals surface area contributed by atoms with Gasteiger partial charge in [-0.1, -0.05) is 12.1 Å². The summed E-state index contributed by atoms with van der Waals surface area (Å²) in [6.45, 7) is 2.71. The van der Waals surface area contributed by atoms with E-state index in [1.807, 2.05) is 12.1 Å². The van der Waals surface area contributed by atoms with Gasteiger partial charge in [0.05, 0.1) is 4.92 Å². The highest BCUT2D eigenvalue weighted by Gasteiger charge is 2.37. The number of hydrogen-bond donors (Lipinski definition) is 0. The van der Waals surface area contributed by atoms with Gasteiger partial charge in [0.1, 0.15) is 12.1 Å². The van der Waals surface area contributed by atoms with E-state index in [1.54, 1.807) is 30.7 Å². The van der Waals surface area contributed by atoms with Gasteiger partial charge in [0.25, 0.3) is 5.69 Å². The first kappa shape index (κ1) is 16.0. The van der Waals surface area contributed by atoms with Gasteiger partial charge in [-0.15, -0.1) is 0 Å². The topological polar surface area (TPSA) is 75.4 Å². The summed E-state index contributed by atoms with van der Waals surface area (Å²) in [6.07, 6.45) is 6.96. The van der Waals surface area contributed by atoms with Crippen LogP contribution in [0.4, 0.5) is 11.5 Å². The van der Waals surface area contributed by atoms with Gasteiger partial charge < -0.3 is 4.90 Å². The van der Waals surface area contributed by atoms with Crippen LogP contribution in [0.1, 0.15) is 24.8 Å². The van der Waals surface area contributed by atoms with Crippen LogP contribution in [0, 0.1) is 10.1 Å². The highest BCUT2D eigenvalue weighted by Crippen LogP contribution is 2.35. The molecule has 0 radical (unpaired) electrons. The molecule has 2 aromatic rings. The van der Waals surface area contributed by atoms with E-state index in [0.29, 0.717) is 12.1 Å². The molecule has 0 amide bonds. The van der Waals surface area contributed by atoms with E-state index in [4.69, 9.17) is 0 Å². The van der Waals surface area contributed by atoms with Crippen molar-refractivity contribution in [3.63, 3.8) is 0 Å². The quantitative estimate of drug-likeness (QED) is 0.595. The summed E-state index contributed by atoms with van der Waals surface area (Å²) in [4.78, 5) is 23.9. The Morgan fingerprint density at radius 3 is 2.84 bits per heavy atom. The molecule has 0 N–H and O–H groups in total. The number of benzene rings is 1. The van der Waals surface area contributed by atoms with Crippen LogP contribution < -0.4 is 4.90 Å². The van der Waals surface area contributed by atoms with Crippen LogP contribution in [0.15, 0.2) is 42.9 Å². The second-order valence-electron chi connectivity index (χ2n) is 6.81. The SMILES string of the molecule is O=[N+]([O-])c1cccc(CN2CCC(N(c3ccncn3)C3CC3)C2)c1. The molecule has 25 heavy (non-hydrogen) atoms. The molecule has 1 saturated heterocycles. The van der Waals surface area contributed by atoms with Crippen LogP contribution >= 0.6 is 0 Å². The molecule has 1 aliphatic carbocycles. The van der Waals surface area contributed by atoms with Gasteiger partial charge in [-0.05, 0) is 30.9 Å². The number of aromatic nitrogens is 2. The minimum atomic E-state index is -0.333. The molecule has 1 aliphatic heterocycles. The average Bonchev–Trinajstić information content (AvgIpc) is 3.36. The number of nitrogens with zero attached hydrogens (tertiary/aromatic N) is 5. The standard InChI is InChI=1S/C18H21N5O2/c24-23(25)16-3-1-2-14(10-16)11-21-9-7-17(12-21)22(15-4-5-15)18-6-8-19-13-20-18/h1-3,6,8,10,13,15,17H,4-5,7,9,11-12H2. The number of nitro benzene ring substituents is 1. The van der Waals surface area contributed by atoms with Gasteiger partial charge in [-0.25, -0.2) is 9.97 Å². The van der Waals surface area contributed by atoms with Crippen molar-refractivity contribution in [1.82, 2.24) is 14.9 Å². The molecule has 2 fully saturated rings. The Morgan fingerprint density at radius 1 is 1.24 bits per heavy atom. The zero-order chi connectivity index (χ0) is 17.2. The first-order valence-corrected chi connectivity index (χ1v) is 8.71. The largest absolute Gasteiger partial charge is 0.349 e. The molecule has 7 nitrogen and oxygen atoms in total. The summed E-state index contributed by atoms with van der Waals surface area (Å²) in [5.41, 5.74) is 1.16. The molecule has 7 heteroatoms. The minimum absolute atomic E-state index is 0.161. The Morgan fingerprint density at radius 2 is 2.12 bits per heavy atom. The lowest BCUT2D eigenvalue weighted by molar-refractivity contribution is -0.384. The van der Waals surface area contributed by atoms with E-state index in [1.165, 1.54) is 12.8 Å². The van der Waals surface area contributed by atoms with Crippen molar-refractivity contribution in [2.24, 2.45) is 0 Å². The molecule has 130 valence electrons. The Hall–Kier alpha value is -2.54. The average molecular weight is 339 g/mol. The zero-order valence-electron chi connectivity index (χ0n) is 14.0. The van der Waals surface area contributed by atoms with Crippen LogP contribution in [-0.4, -0.2) is 45.0 Å². The predicted octanol–water partition coefficient (Wildman–Crippen LogP) is 2.63. The van der Waals surface area contributed by atoms with E-state index < -0.39 is 0 Å². The molecule has 4 rings (SSSR count). The minimum Gasteiger partial charge on any atom is -0.349 e. The van der Waals surface area contributed by atoms with Crippen molar-refractivity contribution >= 4 is 11.5 Å². The van der Waals surface area contributed by atoms with Crippen molar-refractivity contribution in [3.05, 3.63) is 58.5 Å². The Balaban J connectivity index is 1.44. The fourth-order valence-corrected chi connectivity index (χ4v) is 3.67. The van der Waals surface area contributed by atoms with E-state index in [2.05, 4.69) is 19.8 Å². The molecule has 1 unspecified atom stereocenters. The molecular formula is C18H21N5O2. The molecular weight excluding hydrogens is 318 g/mol. The van der Waals surface area contributed by atoms with Gasteiger partial charge in [0, 0.05) is 50.0 Å². The lowest BCUT2D eigenvalue weighted by atomic mass is 10.2. The molecule has 1 saturated carbocycles. The highest BCUT2D eigenvalue weighted by molar-refractivity contribution is 5.42. The van der Waals surface area contributed by atoms with Crippen LogP contribution in [-0.2, 0) is 6.54 Å². The monoisotopic (exact) mass is 339 g/mol. The molecule has 2 aliphatic rings. The third-order valence-corrected chi connectivity index (χ3v) is 4.94. The summed E-state index contributed by atoms with van der Waals surface area (Å²) >= 11 is 0. The fourth-order valence-electron chi connectivity index (χ4n) is 3.67. The molecule has 0 spiro atoms. The van der Waals surface area contributed by atoms with Crippen molar-refractivity contribution in [3.8, 4) is 0 Å². The first-order chi connectivity index (χ1) is 12.2. The van der Waals surface area contributed by atoms with Crippen LogP contribution in [0.5, 0.6) is 0 Å².